The molecule has 3 aromatic carbocycles. The second-order valence-electron chi connectivity index (χ2n) is 8.30. The van der Waals surface area contributed by atoms with Crippen molar-refractivity contribution in [2.45, 2.75) is 12.5 Å². The molecule has 1 atom stereocenters. The van der Waals surface area contributed by atoms with Gasteiger partial charge in [0.25, 0.3) is 5.91 Å². The van der Waals surface area contributed by atoms with Gasteiger partial charge >= 0.3 is 0 Å². The molecule has 2 N–H and O–H groups in total. The summed E-state index contributed by atoms with van der Waals surface area (Å²) in [5.41, 5.74) is 3.36. The first-order valence-corrected chi connectivity index (χ1v) is 11.1. The van der Waals surface area contributed by atoms with Gasteiger partial charge in [-0.25, -0.2) is 4.39 Å². The van der Waals surface area contributed by atoms with Gasteiger partial charge in [0.05, 0.1) is 20.3 Å². The van der Waals surface area contributed by atoms with Gasteiger partial charge in [-0.15, -0.1) is 0 Å². The van der Waals surface area contributed by atoms with Crippen molar-refractivity contribution in [1.82, 2.24) is 15.1 Å². The summed E-state index contributed by atoms with van der Waals surface area (Å²) < 4.78 is 24.7. The molecule has 0 radical (unpaired) electrons. The van der Waals surface area contributed by atoms with Crippen molar-refractivity contribution in [2.24, 2.45) is 0 Å². The Morgan fingerprint density at radius 2 is 1.80 bits per heavy atom. The van der Waals surface area contributed by atoms with Crippen LogP contribution in [0, 0.1) is 5.82 Å². The molecule has 1 unspecified atom stereocenters. The van der Waals surface area contributed by atoms with E-state index in [1.807, 2.05) is 48.5 Å². The number of ether oxygens (including phenoxy) is 2. The number of fused-ring (bicyclic) bond motifs is 1. The van der Waals surface area contributed by atoms with E-state index in [1.165, 1.54) is 18.2 Å². The number of methoxy groups -OCH3 is 2. The highest BCUT2D eigenvalue weighted by Gasteiger charge is 2.42. The smallest absolute Gasteiger partial charge is 0.273 e. The van der Waals surface area contributed by atoms with Crippen LogP contribution in [-0.4, -0.2) is 46.9 Å². The van der Waals surface area contributed by atoms with Crippen molar-refractivity contribution in [3.63, 3.8) is 0 Å². The zero-order valence-electron chi connectivity index (χ0n) is 19.3. The number of rotatable bonds is 7. The van der Waals surface area contributed by atoms with E-state index in [0.717, 1.165) is 16.9 Å². The topological polar surface area (TPSA) is 87.7 Å². The first-order chi connectivity index (χ1) is 17.0. The summed E-state index contributed by atoms with van der Waals surface area (Å²) in [6, 6.07) is 18.4. The number of aromatic hydroxyl groups is 1. The number of benzene rings is 3. The van der Waals surface area contributed by atoms with Gasteiger partial charge in [-0.1, -0.05) is 24.3 Å². The molecule has 1 aliphatic rings. The van der Waals surface area contributed by atoms with Crippen LogP contribution in [0.3, 0.4) is 0 Å². The number of phenolic OH excluding ortho intramolecular Hbond substituents is 1. The Hall–Kier alpha value is -4.33. The Bertz CT molecular complexity index is 1380. The molecule has 0 bridgehead atoms. The molecule has 0 fully saturated rings. The van der Waals surface area contributed by atoms with E-state index in [4.69, 9.17) is 9.47 Å². The van der Waals surface area contributed by atoms with E-state index in [2.05, 4.69) is 10.2 Å². The molecule has 0 saturated carbocycles. The molecule has 5 rings (SSSR count). The lowest BCUT2D eigenvalue weighted by molar-refractivity contribution is 0.0745. The highest BCUT2D eigenvalue weighted by atomic mass is 19.1. The Morgan fingerprint density at radius 1 is 1.03 bits per heavy atom. The van der Waals surface area contributed by atoms with Gasteiger partial charge in [0.15, 0.2) is 0 Å². The van der Waals surface area contributed by atoms with Crippen molar-refractivity contribution < 1.29 is 23.8 Å². The zero-order valence-corrected chi connectivity index (χ0v) is 19.3. The average molecular weight is 474 g/mol. The van der Waals surface area contributed by atoms with Crippen LogP contribution in [0.4, 0.5) is 4.39 Å². The summed E-state index contributed by atoms with van der Waals surface area (Å²) in [6.07, 6.45) is 0.619. The number of carbonyl (C=O) groups excluding carboxylic acids is 1. The average Bonchev–Trinajstić information content (AvgIpc) is 3.43. The minimum atomic E-state index is -0.506. The number of phenols is 1. The van der Waals surface area contributed by atoms with Crippen LogP contribution in [-0.2, 0) is 6.42 Å². The van der Waals surface area contributed by atoms with Crippen molar-refractivity contribution in [1.29, 1.82) is 0 Å². The zero-order chi connectivity index (χ0) is 24.5. The number of aromatic amines is 1. The monoisotopic (exact) mass is 473 g/mol. The molecule has 1 amide bonds. The van der Waals surface area contributed by atoms with Crippen molar-refractivity contribution in [2.75, 3.05) is 20.8 Å². The van der Waals surface area contributed by atoms with Gasteiger partial charge < -0.3 is 19.5 Å². The Labute approximate surface area is 201 Å². The molecule has 2 heterocycles. The van der Waals surface area contributed by atoms with Crippen LogP contribution < -0.4 is 9.47 Å². The maximum absolute atomic E-state index is 14.1. The van der Waals surface area contributed by atoms with E-state index in [9.17, 15) is 14.3 Å². The second-order valence-corrected chi connectivity index (χ2v) is 8.30. The van der Waals surface area contributed by atoms with Gasteiger partial charge in [0, 0.05) is 17.7 Å². The third-order valence-electron chi connectivity index (χ3n) is 6.29. The number of nitrogens with zero attached hydrogens (tertiary/aromatic N) is 2. The van der Waals surface area contributed by atoms with Crippen molar-refractivity contribution in [3.05, 3.63) is 94.9 Å². The molecule has 7 nitrogen and oxygen atoms in total. The lowest BCUT2D eigenvalue weighted by Crippen LogP contribution is -2.31. The number of hydrogen-bond acceptors (Lipinski definition) is 5. The van der Waals surface area contributed by atoms with Gasteiger partial charge in [-0.2, -0.15) is 5.10 Å². The fourth-order valence-electron chi connectivity index (χ4n) is 4.53. The molecule has 0 spiro atoms. The van der Waals surface area contributed by atoms with Crippen molar-refractivity contribution >= 4 is 5.91 Å². The highest BCUT2D eigenvalue weighted by molar-refractivity contribution is 6.00. The fourth-order valence-corrected chi connectivity index (χ4v) is 4.53. The SMILES string of the molecule is COc1ccc(CCN2C(=O)c3[nH]nc(-c4cc(F)ccc4O)c3C2c2cccc(OC)c2)cc1. The van der Waals surface area contributed by atoms with E-state index >= 15 is 0 Å². The molecular weight excluding hydrogens is 449 g/mol. The lowest BCUT2D eigenvalue weighted by atomic mass is 9.95. The summed E-state index contributed by atoms with van der Waals surface area (Å²) >= 11 is 0. The van der Waals surface area contributed by atoms with Crippen LogP contribution in [0.15, 0.2) is 66.7 Å². The number of nitrogens with one attached hydrogen (secondary N) is 1. The minimum absolute atomic E-state index is 0.116. The molecule has 35 heavy (non-hydrogen) atoms. The number of amides is 1. The number of aromatic nitrogens is 2. The lowest BCUT2D eigenvalue weighted by Gasteiger charge is -2.27. The van der Waals surface area contributed by atoms with Gasteiger partial charge in [-0.05, 0) is 60.0 Å². The third kappa shape index (κ3) is 4.07. The number of carbonyl (C=O) groups is 1. The molecular formula is C27H24FN3O4. The summed E-state index contributed by atoms with van der Waals surface area (Å²) in [6.45, 7) is 0.435. The second kappa shape index (κ2) is 9.13. The summed E-state index contributed by atoms with van der Waals surface area (Å²) in [5, 5.41) is 17.6. The molecule has 1 aliphatic heterocycles. The normalized spacial score (nSPS) is 14.8. The van der Waals surface area contributed by atoms with Crippen LogP contribution in [0.25, 0.3) is 11.3 Å². The van der Waals surface area contributed by atoms with Gasteiger partial charge in [0.1, 0.15) is 34.5 Å². The maximum atomic E-state index is 14.1. The summed E-state index contributed by atoms with van der Waals surface area (Å²) in [7, 11) is 3.20. The molecule has 0 saturated heterocycles. The minimum Gasteiger partial charge on any atom is -0.507 e. The quantitative estimate of drug-likeness (QED) is 0.405. The highest BCUT2D eigenvalue weighted by Crippen LogP contribution is 2.45. The first kappa shape index (κ1) is 22.5. The van der Waals surface area contributed by atoms with Crippen LogP contribution in [0.5, 0.6) is 17.2 Å². The number of hydrogen-bond donors (Lipinski definition) is 2. The summed E-state index contributed by atoms with van der Waals surface area (Å²) in [5.74, 6) is 0.580. The number of H-pyrrole nitrogens is 1. The van der Waals surface area contributed by atoms with Crippen molar-refractivity contribution in [3.8, 4) is 28.5 Å². The molecule has 0 aliphatic carbocycles. The Kier molecular flexibility index (Phi) is 5.86. The molecule has 178 valence electrons. The largest absolute Gasteiger partial charge is 0.507 e. The molecule has 8 heteroatoms. The predicted molar refractivity (Wildman–Crippen MR) is 128 cm³/mol. The third-order valence-corrected chi connectivity index (χ3v) is 6.29. The van der Waals surface area contributed by atoms with Crippen LogP contribution in [0.2, 0.25) is 0 Å². The van der Waals surface area contributed by atoms with E-state index in [-0.39, 0.29) is 17.2 Å². The van der Waals surface area contributed by atoms with Gasteiger partial charge in [0.2, 0.25) is 0 Å². The van der Waals surface area contributed by atoms with E-state index < -0.39 is 11.9 Å². The fraction of sp³-hybridized carbons (Fsp3) is 0.185. The number of halogens is 1. The van der Waals surface area contributed by atoms with E-state index in [0.29, 0.717) is 35.7 Å². The van der Waals surface area contributed by atoms with Gasteiger partial charge in [-0.3, -0.25) is 9.89 Å². The first-order valence-electron chi connectivity index (χ1n) is 11.1. The van der Waals surface area contributed by atoms with Crippen LogP contribution in [0.1, 0.15) is 33.2 Å². The van der Waals surface area contributed by atoms with Crippen LogP contribution >= 0.6 is 0 Å². The Balaban J connectivity index is 1.57. The molecule has 1 aromatic heterocycles. The standard InChI is InChI=1S/C27H24FN3O4/c1-34-19-9-6-16(7-10-19)12-13-31-26(17-4-3-5-20(14-17)35-2)23-24(29-30-25(23)27(31)33)21-15-18(28)8-11-22(21)32/h3-11,14-15,26,32H,12-13H2,1-2H3,(H,29,30). The summed E-state index contributed by atoms with van der Waals surface area (Å²) in [4.78, 5) is 15.3. The predicted octanol–water partition coefficient (Wildman–Crippen LogP) is 4.73. The molecule has 4 aromatic rings. The Morgan fingerprint density at radius 3 is 2.54 bits per heavy atom. The van der Waals surface area contributed by atoms with E-state index in [1.54, 1.807) is 19.1 Å². The maximum Gasteiger partial charge on any atom is 0.273 e.